The van der Waals surface area contributed by atoms with Crippen LogP contribution in [0.2, 0.25) is 0 Å². The van der Waals surface area contributed by atoms with Crippen LogP contribution >= 0.6 is 22.6 Å². The Bertz CT molecular complexity index is 348. The molecule has 1 nitrogen and oxygen atoms in total. The van der Waals surface area contributed by atoms with Crippen LogP contribution in [0.15, 0.2) is 12.1 Å². The standard InChI is InChI=1S/C8H5F4IO/c9-6-2-7(13)4(3-14)1-5(6)8(10,11)12/h1-2,14H,3H2. The molecule has 0 bridgehead atoms. The van der Waals surface area contributed by atoms with Gasteiger partial charge in [0.25, 0.3) is 0 Å². The van der Waals surface area contributed by atoms with Gasteiger partial charge in [0.15, 0.2) is 0 Å². The highest BCUT2D eigenvalue weighted by Gasteiger charge is 2.34. The molecule has 0 saturated heterocycles. The fourth-order valence-corrected chi connectivity index (χ4v) is 1.53. The van der Waals surface area contributed by atoms with Crippen LogP contribution in [-0.4, -0.2) is 5.11 Å². The summed E-state index contributed by atoms with van der Waals surface area (Å²) in [7, 11) is 0. The number of aliphatic hydroxyl groups excluding tert-OH is 1. The van der Waals surface area contributed by atoms with Crippen LogP contribution in [0.4, 0.5) is 17.6 Å². The molecule has 0 spiro atoms. The second-order valence-electron chi connectivity index (χ2n) is 2.58. The predicted octanol–water partition coefficient (Wildman–Crippen LogP) is 2.94. The van der Waals surface area contributed by atoms with E-state index < -0.39 is 24.2 Å². The topological polar surface area (TPSA) is 20.2 Å². The Labute approximate surface area is 90.9 Å². The van der Waals surface area contributed by atoms with Gasteiger partial charge in [0.2, 0.25) is 0 Å². The Morgan fingerprint density at radius 3 is 2.29 bits per heavy atom. The van der Waals surface area contributed by atoms with Gasteiger partial charge in [-0.25, -0.2) is 4.39 Å². The summed E-state index contributed by atoms with van der Waals surface area (Å²) in [5, 5.41) is 8.70. The maximum Gasteiger partial charge on any atom is 0.419 e. The Hall–Kier alpha value is -0.370. The predicted molar refractivity (Wildman–Crippen MR) is 50.0 cm³/mol. The molecule has 0 aliphatic rings. The first kappa shape index (κ1) is 11.7. The van der Waals surface area contributed by atoms with E-state index in [1.165, 1.54) is 0 Å². The zero-order valence-electron chi connectivity index (χ0n) is 6.70. The lowest BCUT2D eigenvalue weighted by molar-refractivity contribution is -0.140. The number of benzene rings is 1. The molecule has 0 heterocycles. The second-order valence-corrected chi connectivity index (χ2v) is 3.74. The van der Waals surface area contributed by atoms with Crippen LogP contribution < -0.4 is 0 Å². The fourth-order valence-electron chi connectivity index (χ4n) is 0.932. The van der Waals surface area contributed by atoms with Crippen LogP contribution in [0, 0.1) is 9.39 Å². The second kappa shape index (κ2) is 4.01. The summed E-state index contributed by atoms with van der Waals surface area (Å²) < 4.78 is 49.6. The van der Waals surface area contributed by atoms with Gasteiger partial charge in [0.1, 0.15) is 5.82 Å². The molecule has 0 atom stereocenters. The van der Waals surface area contributed by atoms with Crippen molar-refractivity contribution in [3.63, 3.8) is 0 Å². The zero-order chi connectivity index (χ0) is 10.9. The molecule has 6 heteroatoms. The first-order chi connectivity index (χ1) is 6.36. The number of alkyl halides is 3. The Kier molecular flexibility index (Phi) is 3.36. The van der Waals surface area contributed by atoms with Crippen molar-refractivity contribution in [1.82, 2.24) is 0 Å². The van der Waals surface area contributed by atoms with Gasteiger partial charge in [-0.2, -0.15) is 13.2 Å². The minimum Gasteiger partial charge on any atom is -0.392 e. The van der Waals surface area contributed by atoms with E-state index in [0.29, 0.717) is 6.07 Å². The van der Waals surface area contributed by atoms with Crippen LogP contribution in [0.3, 0.4) is 0 Å². The molecule has 0 amide bonds. The molecular weight excluding hydrogens is 315 g/mol. The minimum atomic E-state index is -4.72. The first-order valence-corrected chi connectivity index (χ1v) is 4.60. The summed E-state index contributed by atoms with van der Waals surface area (Å²) in [6, 6.07) is 1.38. The highest BCUT2D eigenvalue weighted by atomic mass is 127. The zero-order valence-corrected chi connectivity index (χ0v) is 8.86. The lowest BCUT2D eigenvalue weighted by Gasteiger charge is -2.10. The third-order valence-electron chi connectivity index (χ3n) is 1.61. The summed E-state index contributed by atoms with van der Waals surface area (Å²) >= 11 is 1.66. The Balaban J connectivity index is 3.32. The highest BCUT2D eigenvalue weighted by Crippen LogP contribution is 2.33. The summed E-state index contributed by atoms with van der Waals surface area (Å²) in [5.74, 6) is -1.32. The molecule has 0 unspecified atom stereocenters. The fraction of sp³-hybridized carbons (Fsp3) is 0.250. The van der Waals surface area contributed by atoms with Gasteiger partial charge in [-0.3, -0.25) is 0 Å². The van der Waals surface area contributed by atoms with Gasteiger partial charge in [0.05, 0.1) is 12.2 Å². The highest BCUT2D eigenvalue weighted by molar-refractivity contribution is 14.1. The van der Waals surface area contributed by atoms with Crippen molar-refractivity contribution < 1.29 is 22.7 Å². The third-order valence-corrected chi connectivity index (χ3v) is 2.62. The summed E-state index contributed by atoms with van der Waals surface area (Å²) in [6.45, 7) is -0.540. The molecule has 1 N–H and O–H groups in total. The molecule has 14 heavy (non-hydrogen) atoms. The molecule has 1 aromatic carbocycles. The van der Waals surface area contributed by atoms with Crippen molar-refractivity contribution in [2.45, 2.75) is 12.8 Å². The van der Waals surface area contributed by atoms with Gasteiger partial charge < -0.3 is 5.11 Å². The van der Waals surface area contributed by atoms with Crippen molar-refractivity contribution in [3.8, 4) is 0 Å². The van der Waals surface area contributed by atoms with Gasteiger partial charge in [-0.1, -0.05) is 0 Å². The molecule has 0 aromatic heterocycles. The molecule has 0 saturated carbocycles. The van der Waals surface area contributed by atoms with E-state index >= 15 is 0 Å². The summed E-state index contributed by atoms with van der Waals surface area (Å²) in [6.07, 6.45) is -4.72. The Morgan fingerprint density at radius 1 is 1.29 bits per heavy atom. The lowest BCUT2D eigenvalue weighted by atomic mass is 10.1. The van der Waals surface area contributed by atoms with E-state index in [1.807, 2.05) is 0 Å². The van der Waals surface area contributed by atoms with Crippen LogP contribution in [0.25, 0.3) is 0 Å². The molecule has 1 rings (SSSR count). The van der Waals surface area contributed by atoms with Crippen LogP contribution in [0.5, 0.6) is 0 Å². The molecule has 0 aliphatic heterocycles. The number of rotatable bonds is 1. The number of aliphatic hydroxyl groups is 1. The molecule has 1 aromatic rings. The molecular formula is C8H5F4IO. The van der Waals surface area contributed by atoms with Crippen molar-refractivity contribution in [3.05, 3.63) is 32.6 Å². The largest absolute Gasteiger partial charge is 0.419 e. The summed E-state index contributed by atoms with van der Waals surface area (Å²) in [4.78, 5) is 0. The molecule has 0 radical (unpaired) electrons. The SMILES string of the molecule is OCc1cc(C(F)(F)F)c(F)cc1I. The quantitative estimate of drug-likeness (QED) is 0.623. The monoisotopic (exact) mass is 320 g/mol. The van der Waals surface area contributed by atoms with Gasteiger partial charge in [-0.05, 0) is 40.3 Å². The van der Waals surface area contributed by atoms with Crippen molar-refractivity contribution >= 4 is 22.6 Å². The number of halogens is 5. The van der Waals surface area contributed by atoms with Crippen molar-refractivity contribution in [2.24, 2.45) is 0 Å². The molecule has 0 fully saturated rings. The first-order valence-electron chi connectivity index (χ1n) is 3.52. The summed E-state index contributed by atoms with van der Waals surface area (Å²) in [5.41, 5.74) is -1.28. The van der Waals surface area contributed by atoms with Gasteiger partial charge in [-0.15, -0.1) is 0 Å². The average Bonchev–Trinajstić information content (AvgIpc) is 2.02. The smallest absolute Gasteiger partial charge is 0.392 e. The van der Waals surface area contributed by atoms with Gasteiger partial charge in [0, 0.05) is 3.57 Å². The van der Waals surface area contributed by atoms with E-state index in [0.717, 1.165) is 6.07 Å². The van der Waals surface area contributed by atoms with E-state index in [1.54, 1.807) is 22.6 Å². The average molecular weight is 320 g/mol. The molecule has 0 aliphatic carbocycles. The maximum atomic E-state index is 12.9. The van der Waals surface area contributed by atoms with E-state index in [-0.39, 0.29) is 9.13 Å². The van der Waals surface area contributed by atoms with Crippen molar-refractivity contribution in [2.75, 3.05) is 0 Å². The lowest BCUT2D eigenvalue weighted by Crippen LogP contribution is -2.09. The maximum absolute atomic E-state index is 12.9. The molecule has 78 valence electrons. The number of hydrogen-bond donors (Lipinski definition) is 1. The normalized spacial score (nSPS) is 11.9. The van der Waals surface area contributed by atoms with Crippen LogP contribution in [0.1, 0.15) is 11.1 Å². The van der Waals surface area contributed by atoms with Crippen molar-refractivity contribution in [1.29, 1.82) is 0 Å². The van der Waals surface area contributed by atoms with Crippen LogP contribution in [-0.2, 0) is 12.8 Å². The minimum absolute atomic E-state index is 0.0688. The Morgan fingerprint density at radius 2 is 1.86 bits per heavy atom. The van der Waals surface area contributed by atoms with Gasteiger partial charge >= 0.3 is 6.18 Å². The number of hydrogen-bond acceptors (Lipinski definition) is 1. The van der Waals surface area contributed by atoms with E-state index in [2.05, 4.69) is 0 Å². The van der Waals surface area contributed by atoms with E-state index in [9.17, 15) is 17.6 Å². The third kappa shape index (κ3) is 2.35. The van der Waals surface area contributed by atoms with E-state index in [4.69, 9.17) is 5.11 Å².